The molecule has 4 nitrogen and oxygen atoms in total. The Morgan fingerprint density at radius 1 is 1.65 bits per heavy atom. The highest BCUT2D eigenvalue weighted by Gasteiger charge is 2.24. The molecule has 1 aromatic heterocycles. The molecule has 0 bridgehead atoms. The van der Waals surface area contributed by atoms with Crippen molar-refractivity contribution in [2.24, 2.45) is 5.92 Å². The molecule has 1 aromatic rings. The summed E-state index contributed by atoms with van der Waals surface area (Å²) in [5.74, 6) is 0.450. The van der Waals surface area contributed by atoms with Crippen LogP contribution in [0.25, 0.3) is 0 Å². The van der Waals surface area contributed by atoms with Crippen molar-refractivity contribution in [3.05, 3.63) is 11.1 Å². The average Bonchev–Trinajstić information content (AvgIpc) is 2.98. The Bertz CT molecular complexity index is 392. The monoisotopic (exact) mass is 254 g/mol. The van der Waals surface area contributed by atoms with E-state index in [1.807, 2.05) is 0 Å². The topological polar surface area (TPSA) is 42.4 Å². The van der Waals surface area contributed by atoms with Gasteiger partial charge in [0, 0.05) is 18.5 Å². The van der Waals surface area contributed by atoms with Crippen molar-refractivity contribution in [3.8, 4) is 0 Å². The van der Waals surface area contributed by atoms with Gasteiger partial charge in [-0.3, -0.25) is 0 Å². The van der Waals surface area contributed by atoms with Gasteiger partial charge in [-0.2, -0.15) is 0 Å². The highest BCUT2D eigenvalue weighted by atomic mass is 32.1. The predicted octanol–water partition coefficient (Wildman–Crippen LogP) is 2.56. The van der Waals surface area contributed by atoms with E-state index in [0.29, 0.717) is 12.3 Å². The Labute approximate surface area is 106 Å². The molecule has 0 spiro atoms. The first kappa shape index (κ1) is 12.4. The lowest BCUT2D eigenvalue weighted by Crippen LogP contribution is -2.19. The Morgan fingerprint density at radius 2 is 2.47 bits per heavy atom. The molecular weight excluding hydrogens is 236 g/mol. The molecule has 2 rings (SSSR count). The van der Waals surface area contributed by atoms with Crippen LogP contribution < -0.4 is 4.90 Å². The highest BCUT2D eigenvalue weighted by molar-refractivity contribution is 7.13. The maximum Gasteiger partial charge on any atom is 0.357 e. The summed E-state index contributed by atoms with van der Waals surface area (Å²) >= 11 is 1.53. The summed E-state index contributed by atoms with van der Waals surface area (Å²) in [6.45, 7) is 6.53. The minimum absolute atomic E-state index is 0.318. The number of ether oxygens (including phenoxy) is 1. The fourth-order valence-corrected chi connectivity index (χ4v) is 2.88. The number of esters is 1. The van der Waals surface area contributed by atoms with Gasteiger partial charge >= 0.3 is 5.97 Å². The van der Waals surface area contributed by atoms with E-state index in [0.717, 1.165) is 24.1 Å². The van der Waals surface area contributed by atoms with Crippen molar-refractivity contribution in [2.45, 2.75) is 26.7 Å². The minimum Gasteiger partial charge on any atom is -0.461 e. The van der Waals surface area contributed by atoms with E-state index < -0.39 is 0 Å². The molecule has 2 heterocycles. The molecule has 0 amide bonds. The van der Waals surface area contributed by atoms with Gasteiger partial charge in [0.1, 0.15) is 0 Å². The van der Waals surface area contributed by atoms with Gasteiger partial charge in [-0.15, -0.1) is 11.3 Å². The summed E-state index contributed by atoms with van der Waals surface area (Å²) in [4.78, 5) is 18.1. The van der Waals surface area contributed by atoms with Crippen LogP contribution in [0.5, 0.6) is 0 Å². The standard InChI is InChI=1S/C12H18N2O2S/c1-3-9-5-6-14(7-9)12-13-10(8-17-12)11(15)16-4-2/h8-9H,3-7H2,1-2H3. The van der Waals surface area contributed by atoms with E-state index in [1.165, 1.54) is 24.2 Å². The van der Waals surface area contributed by atoms with Crippen molar-refractivity contribution >= 4 is 22.4 Å². The molecule has 94 valence electrons. The van der Waals surface area contributed by atoms with Crippen LogP contribution in [0, 0.1) is 5.92 Å². The molecule has 1 atom stereocenters. The summed E-state index contributed by atoms with van der Waals surface area (Å²) in [5, 5.41) is 2.73. The molecule has 1 fully saturated rings. The molecule has 1 aliphatic rings. The van der Waals surface area contributed by atoms with Gasteiger partial charge in [0.25, 0.3) is 0 Å². The number of carbonyl (C=O) groups is 1. The number of anilines is 1. The van der Waals surface area contributed by atoms with Crippen LogP contribution in [0.3, 0.4) is 0 Å². The molecule has 0 N–H and O–H groups in total. The maximum atomic E-state index is 11.5. The van der Waals surface area contributed by atoms with Crippen LogP contribution >= 0.6 is 11.3 Å². The van der Waals surface area contributed by atoms with Crippen molar-refractivity contribution in [1.82, 2.24) is 4.98 Å². The third-order valence-corrected chi connectivity index (χ3v) is 4.01. The lowest BCUT2D eigenvalue weighted by Gasteiger charge is -2.13. The van der Waals surface area contributed by atoms with E-state index >= 15 is 0 Å². The fraction of sp³-hybridized carbons (Fsp3) is 0.667. The van der Waals surface area contributed by atoms with Crippen LogP contribution in [0.4, 0.5) is 5.13 Å². The molecule has 5 heteroatoms. The van der Waals surface area contributed by atoms with Crippen molar-refractivity contribution in [3.63, 3.8) is 0 Å². The van der Waals surface area contributed by atoms with Gasteiger partial charge in [-0.1, -0.05) is 13.3 Å². The Hall–Kier alpha value is -1.10. The zero-order valence-electron chi connectivity index (χ0n) is 10.3. The number of aromatic nitrogens is 1. The molecular formula is C12H18N2O2S. The summed E-state index contributed by atoms with van der Waals surface area (Å²) in [6, 6.07) is 0. The second kappa shape index (κ2) is 5.49. The Kier molecular flexibility index (Phi) is 3.99. The third kappa shape index (κ3) is 2.77. The van der Waals surface area contributed by atoms with Gasteiger partial charge in [0.05, 0.1) is 6.61 Å². The molecule has 0 saturated carbocycles. The normalized spacial score (nSPS) is 19.6. The molecule has 0 aliphatic carbocycles. The molecule has 1 aliphatic heterocycles. The molecule has 0 aromatic carbocycles. The number of rotatable bonds is 4. The molecule has 0 radical (unpaired) electrons. The first-order valence-electron chi connectivity index (χ1n) is 6.12. The van der Waals surface area contributed by atoms with Crippen molar-refractivity contribution in [2.75, 3.05) is 24.6 Å². The minimum atomic E-state index is -0.318. The second-order valence-corrected chi connectivity index (χ2v) is 5.08. The predicted molar refractivity (Wildman–Crippen MR) is 68.7 cm³/mol. The van der Waals surface area contributed by atoms with Crippen molar-refractivity contribution in [1.29, 1.82) is 0 Å². The zero-order chi connectivity index (χ0) is 12.3. The highest BCUT2D eigenvalue weighted by Crippen LogP contribution is 2.28. The van der Waals surface area contributed by atoms with Crippen LogP contribution in [0.15, 0.2) is 5.38 Å². The Morgan fingerprint density at radius 3 is 3.12 bits per heavy atom. The summed E-state index contributed by atoms with van der Waals surface area (Å²) in [7, 11) is 0. The smallest absolute Gasteiger partial charge is 0.357 e. The first-order chi connectivity index (χ1) is 8.24. The second-order valence-electron chi connectivity index (χ2n) is 4.24. The molecule has 1 saturated heterocycles. The number of thiazole rings is 1. The summed E-state index contributed by atoms with van der Waals surface area (Å²) in [5.41, 5.74) is 0.437. The quantitative estimate of drug-likeness (QED) is 0.774. The van der Waals surface area contributed by atoms with E-state index in [2.05, 4.69) is 16.8 Å². The SMILES string of the molecule is CCOC(=O)c1csc(N2CCC(CC)C2)n1. The fourth-order valence-electron chi connectivity index (χ4n) is 2.05. The van der Waals surface area contributed by atoms with Crippen LogP contribution in [-0.4, -0.2) is 30.6 Å². The molecule has 1 unspecified atom stereocenters. The van der Waals surface area contributed by atoms with Gasteiger partial charge < -0.3 is 9.64 Å². The summed E-state index contributed by atoms with van der Waals surface area (Å²) in [6.07, 6.45) is 2.44. The Balaban J connectivity index is 2.01. The largest absolute Gasteiger partial charge is 0.461 e. The van der Waals surface area contributed by atoms with Gasteiger partial charge in [-0.05, 0) is 19.3 Å². The first-order valence-corrected chi connectivity index (χ1v) is 7.00. The third-order valence-electron chi connectivity index (χ3n) is 3.11. The van der Waals surface area contributed by atoms with E-state index in [9.17, 15) is 4.79 Å². The zero-order valence-corrected chi connectivity index (χ0v) is 11.1. The van der Waals surface area contributed by atoms with Gasteiger partial charge in [-0.25, -0.2) is 9.78 Å². The summed E-state index contributed by atoms with van der Waals surface area (Å²) < 4.78 is 4.93. The lowest BCUT2D eigenvalue weighted by molar-refractivity contribution is 0.0520. The average molecular weight is 254 g/mol. The van der Waals surface area contributed by atoms with E-state index in [4.69, 9.17) is 4.74 Å². The number of hydrogen-bond acceptors (Lipinski definition) is 5. The number of carbonyl (C=O) groups excluding carboxylic acids is 1. The van der Waals surface area contributed by atoms with Crippen LogP contribution in [0.2, 0.25) is 0 Å². The van der Waals surface area contributed by atoms with Crippen molar-refractivity contribution < 1.29 is 9.53 Å². The van der Waals surface area contributed by atoms with Gasteiger partial charge in [0.2, 0.25) is 0 Å². The van der Waals surface area contributed by atoms with E-state index in [1.54, 1.807) is 12.3 Å². The number of nitrogens with zero attached hydrogens (tertiary/aromatic N) is 2. The van der Waals surface area contributed by atoms with Crippen LogP contribution in [0.1, 0.15) is 37.2 Å². The molecule has 17 heavy (non-hydrogen) atoms. The maximum absolute atomic E-state index is 11.5. The van der Waals surface area contributed by atoms with Gasteiger partial charge in [0.15, 0.2) is 10.8 Å². The van der Waals surface area contributed by atoms with Crippen LogP contribution in [-0.2, 0) is 4.74 Å². The lowest BCUT2D eigenvalue weighted by atomic mass is 10.1. The number of hydrogen-bond donors (Lipinski definition) is 0. The van der Waals surface area contributed by atoms with E-state index in [-0.39, 0.29) is 5.97 Å².